The third-order valence-electron chi connectivity index (χ3n) is 3.49. The molecule has 1 heterocycles. The van der Waals surface area contributed by atoms with Crippen LogP contribution in [0.5, 0.6) is 11.5 Å². The number of rotatable bonds is 5. The number of hydrogen-bond acceptors (Lipinski definition) is 6. The van der Waals surface area contributed by atoms with Crippen molar-refractivity contribution in [2.45, 2.75) is 19.0 Å². The van der Waals surface area contributed by atoms with E-state index >= 15 is 0 Å². The lowest BCUT2D eigenvalue weighted by molar-refractivity contribution is -0.139. The van der Waals surface area contributed by atoms with Gasteiger partial charge in [0.1, 0.15) is 0 Å². The normalized spacial score (nSPS) is 20.7. The second-order valence-electron chi connectivity index (χ2n) is 5.18. The number of sulfone groups is 1. The van der Waals surface area contributed by atoms with Crippen LogP contribution < -0.4 is 0 Å². The number of phenols is 2. The first-order valence-corrected chi connectivity index (χ1v) is 8.26. The van der Waals surface area contributed by atoms with Gasteiger partial charge in [0.2, 0.25) is 0 Å². The molecule has 0 saturated carbocycles. The maximum atomic E-state index is 11.5. The first-order chi connectivity index (χ1) is 9.77. The fraction of sp³-hybridized carbons (Fsp3) is 0.462. The Kier molecular flexibility index (Phi) is 4.38. The number of carbonyl (C=O) groups is 1. The minimum atomic E-state index is -3.11. The van der Waals surface area contributed by atoms with Crippen molar-refractivity contribution in [3.05, 3.63) is 23.8 Å². The zero-order chi connectivity index (χ0) is 15.6. The molecule has 1 saturated heterocycles. The topological polar surface area (TPSA) is 115 Å². The number of carboxylic acid groups (broad SMARTS) is 1. The molecule has 1 atom stereocenters. The second-order valence-corrected chi connectivity index (χ2v) is 7.41. The number of benzene rings is 1. The summed E-state index contributed by atoms with van der Waals surface area (Å²) in [6.45, 7) is -0.0812. The van der Waals surface area contributed by atoms with Crippen LogP contribution in [0.1, 0.15) is 12.0 Å². The number of nitrogens with zero attached hydrogens (tertiary/aromatic N) is 1. The van der Waals surface area contributed by atoms with Crippen LogP contribution in [0, 0.1) is 0 Å². The molecule has 2 rings (SSSR count). The molecule has 1 aromatic rings. The van der Waals surface area contributed by atoms with Gasteiger partial charge in [-0.2, -0.15) is 0 Å². The minimum Gasteiger partial charge on any atom is -0.504 e. The highest BCUT2D eigenvalue weighted by molar-refractivity contribution is 7.91. The summed E-state index contributed by atoms with van der Waals surface area (Å²) in [7, 11) is -3.11. The number of hydrogen-bond donors (Lipinski definition) is 3. The van der Waals surface area contributed by atoms with Gasteiger partial charge in [0.25, 0.3) is 0 Å². The summed E-state index contributed by atoms with van der Waals surface area (Å²) in [6, 6.07) is 3.87. The van der Waals surface area contributed by atoms with Crippen molar-refractivity contribution in [3.63, 3.8) is 0 Å². The van der Waals surface area contributed by atoms with E-state index in [4.69, 9.17) is 5.11 Å². The van der Waals surface area contributed by atoms with Crippen LogP contribution >= 0.6 is 0 Å². The zero-order valence-electron chi connectivity index (χ0n) is 11.3. The number of phenolic OH excluding ortho intramolecular Hbond substituents is 2. The van der Waals surface area contributed by atoms with Crippen molar-refractivity contribution >= 4 is 15.8 Å². The molecule has 1 aliphatic rings. The first-order valence-electron chi connectivity index (χ1n) is 6.44. The van der Waals surface area contributed by atoms with Gasteiger partial charge in [0.15, 0.2) is 21.3 Å². The summed E-state index contributed by atoms with van der Waals surface area (Å²) in [6.07, 6.45) is 0.402. The molecular weight excluding hydrogens is 298 g/mol. The van der Waals surface area contributed by atoms with E-state index in [0.29, 0.717) is 12.0 Å². The molecule has 1 aliphatic heterocycles. The van der Waals surface area contributed by atoms with Gasteiger partial charge in [-0.15, -0.1) is 0 Å². The summed E-state index contributed by atoms with van der Waals surface area (Å²) >= 11 is 0. The van der Waals surface area contributed by atoms with Gasteiger partial charge in [-0.25, -0.2) is 8.42 Å². The Bertz CT molecular complexity index is 642. The van der Waals surface area contributed by atoms with E-state index in [2.05, 4.69) is 0 Å². The maximum Gasteiger partial charge on any atom is 0.317 e. The molecule has 7 nitrogen and oxygen atoms in total. The van der Waals surface area contributed by atoms with Crippen LogP contribution in [-0.4, -0.2) is 58.7 Å². The van der Waals surface area contributed by atoms with Gasteiger partial charge >= 0.3 is 5.97 Å². The monoisotopic (exact) mass is 315 g/mol. The van der Waals surface area contributed by atoms with Crippen molar-refractivity contribution in [1.29, 1.82) is 0 Å². The maximum absolute atomic E-state index is 11.5. The first kappa shape index (κ1) is 15.6. The smallest absolute Gasteiger partial charge is 0.317 e. The van der Waals surface area contributed by atoms with Gasteiger partial charge < -0.3 is 15.3 Å². The molecule has 0 bridgehead atoms. The van der Waals surface area contributed by atoms with Crippen molar-refractivity contribution in [3.8, 4) is 11.5 Å². The Morgan fingerprint density at radius 3 is 2.52 bits per heavy atom. The minimum absolute atomic E-state index is 0.0512. The second kappa shape index (κ2) is 5.90. The van der Waals surface area contributed by atoms with Gasteiger partial charge in [-0.3, -0.25) is 9.69 Å². The third-order valence-corrected chi connectivity index (χ3v) is 5.24. The highest BCUT2D eigenvalue weighted by Gasteiger charge is 2.33. The van der Waals surface area contributed by atoms with Crippen LogP contribution in [0.25, 0.3) is 0 Å². The molecule has 8 heteroatoms. The molecule has 0 spiro atoms. The van der Waals surface area contributed by atoms with Crippen LogP contribution in [0.4, 0.5) is 0 Å². The molecule has 116 valence electrons. The molecule has 1 aromatic carbocycles. The fourth-order valence-corrected chi connectivity index (χ4v) is 4.21. The van der Waals surface area contributed by atoms with Gasteiger partial charge in [-0.05, 0) is 24.1 Å². The molecule has 0 aliphatic carbocycles. The number of carboxylic acids is 1. The highest BCUT2D eigenvalue weighted by Crippen LogP contribution is 2.27. The van der Waals surface area contributed by atoms with Crippen LogP contribution in [-0.2, 0) is 21.2 Å². The quantitative estimate of drug-likeness (QED) is 0.663. The molecule has 0 radical (unpaired) electrons. The molecular formula is C13H17NO6S. The largest absolute Gasteiger partial charge is 0.504 e. The molecule has 21 heavy (non-hydrogen) atoms. The molecule has 1 unspecified atom stereocenters. The average Bonchev–Trinajstić information content (AvgIpc) is 2.73. The summed E-state index contributed by atoms with van der Waals surface area (Å²) in [5, 5.41) is 27.7. The molecule has 1 fully saturated rings. The van der Waals surface area contributed by atoms with E-state index in [1.165, 1.54) is 12.1 Å². The third kappa shape index (κ3) is 4.08. The SMILES string of the molecule is O=C(O)CN(Cc1ccc(O)c(O)c1)C1CCS(=O)(=O)C1. The van der Waals surface area contributed by atoms with E-state index in [-0.39, 0.29) is 42.1 Å². The van der Waals surface area contributed by atoms with Gasteiger partial charge in [0, 0.05) is 12.6 Å². The van der Waals surface area contributed by atoms with E-state index in [1.807, 2.05) is 0 Å². The summed E-state index contributed by atoms with van der Waals surface area (Å²) < 4.78 is 23.1. The van der Waals surface area contributed by atoms with E-state index in [1.54, 1.807) is 11.0 Å². The van der Waals surface area contributed by atoms with E-state index in [9.17, 15) is 23.4 Å². The van der Waals surface area contributed by atoms with Crippen molar-refractivity contribution in [2.24, 2.45) is 0 Å². The Labute approximate surface area is 122 Å². The Morgan fingerprint density at radius 2 is 2.00 bits per heavy atom. The Balaban J connectivity index is 2.16. The summed E-state index contributed by atoms with van der Waals surface area (Å²) in [5.74, 6) is -1.57. The number of aliphatic carboxylic acids is 1. The van der Waals surface area contributed by atoms with Crippen molar-refractivity contribution in [1.82, 2.24) is 4.90 Å². The lowest BCUT2D eigenvalue weighted by Crippen LogP contribution is -2.39. The Morgan fingerprint density at radius 1 is 1.29 bits per heavy atom. The van der Waals surface area contributed by atoms with Gasteiger partial charge in [-0.1, -0.05) is 6.07 Å². The zero-order valence-corrected chi connectivity index (χ0v) is 12.1. The lowest BCUT2D eigenvalue weighted by Gasteiger charge is -2.26. The predicted molar refractivity (Wildman–Crippen MR) is 74.9 cm³/mol. The van der Waals surface area contributed by atoms with Crippen molar-refractivity contribution < 1.29 is 28.5 Å². The van der Waals surface area contributed by atoms with Crippen LogP contribution in [0.15, 0.2) is 18.2 Å². The predicted octanol–water partition coefficient (Wildman–Crippen LogP) is 0.171. The fourth-order valence-electron chi connectivity index (χ4n) is 2.45. The summed E-state index contributed by atoms with van der Waals surface area (Å²) in [4.78, 5) is 12.5. The average molecular weight is 315 g/mol. The molecule has 0 amide bonds. The molecule has 3 N–H and O–H groups in total. The van der Waals surface area contributed by atoms with Gasteiger partial charge in [0.05, 0.1) is 18.1 Å². The van der Waals surface area contributed by atoms with Crippen LogP contribution in [0.2, 0.25) is 0 Å². The Hall–Kier alpha value is -1.80. The standard InChI is InChI=1S/C13H17NO6S/c15-11-2-1-9(5-12(11)16)6-14(7-13(17)18)10-3-4-21(19,20)8-10/h1-2,5,10,15-16H,3-4,6-8H2,(H,17,18). The van der Waals surface area contributed by atoms with E-state index < -0.39 is 15.8 Å². The van der Waals surface area contributed by atoms with Crippen molar-refractivity contribution in [2.75, 3.05) is 18.1 Å². The highest BCUT2D eigenvalue weighted by atomic mass is 32.2. The summed E-state index contributed by atoms with van der Waals surface area (Å²) in [5.41, 5.74) is 0.607. The van der Waals surface area contributed by atoms with Crippen LogP contribution in [0.3, 0.4) is 0 Å². The lowest BCUT2D eigenvalue weighted by atomic mass is 10.1. The number of aromatic hydroxyl groups is 2. The molecule has 0 aromatic heterocycles. The van der Waals surface area contributed by atoms with E-state index in [0.717, 1.165) is 0 Å².